The van der Waals surface area contributed by atoms with Gasteiger partial charge in [-0.3, -0.25) is 0 Å². The molecular weight excluding hydrogens is 711 g/mol. The van der Waals surface area contributed by atoms with Crippen LogP contribution in [0.1, 0.15) is 125 Å². The SMILES string of the molecule is CC(C)C[PH](CC(C)C)(CC(C)C)[Co]([I])([PH](CC(C)C)(CC(C)C)CC(C)C)[PH](CC(C)C)(CC(C)C)CC(C)C. The Kier molecular flexibility index (Phi) is 19.9. The van der Waals surface area contributed by atoms with E-state index < -0.39 is 26.1 Å². The van der Waals surface area contributed by atoms with Gasteiger partial charge in [0.1, 0.15) is 0 Å². The van der Waals surface area contributed by atoms with E-state index in [9.17, 15) is 0 Å². The Morgan fingerprint density at radius 2 is 0.390 bits per heavy atom. The van der Waals surface area contributed by atoms with Gasteiger partial charge in [-0.1, -0.05) is 0 Å². The molecular formula is C36H84CoIP3. The van der Waals surface area contributed by atoms with Gasteiger partial charge < -0.3 is 0 Å². The van der Waals surface area contributed by atoms with Crippen LogP contribution in [-0.2, 0) is 8.09 Å². The molecule has 0 saturated heterocycles. The predicted molar refractivity (Wildman–Crippen MR) is 216 cm³/mol. The first-order valence-corrected chi connectivity index (χ1v) is 33.3. The van der Waals surface area contributed by atoms with Crippen molar-refractivity contribution in [3.8, 4) is 0 Å². The third-order valence-corrected chi connectivity index (χ3v) is 99.0. The zero-order valence-corrected chi connectivity index (χ0v) is 38.0. The fraction of sp³-hybridized carbons (Fsp3) is 1.00. The molecule has 0 saturated carbocycles. The van der Waals surface area contributed by atoms with Gasteiger partial charge in [0.05, 0.1) is 0 Å². The molecule has 0 aliphatic heterocycles. The molecule has 0 spiro atoms. The zero-order valence-electron chi connectivity index (χ0n) is 31.8. The molecule has 0 aliphatic carbocycles. The van der Waals surface area contributed by atoms with E-state index in [1.54, 1.807) is 55.5 Å². The molecule has 0 aromatic heterocycles. The van der Waals surface area contributed by atoms with Gasteiger partial charge in [-0.15, -0.1) is 0 Å². The van der Waals surface area contributed by atoms with Crippen LogP contribution in [0.5, 0.6) is 0 Å². The van der Waals surface area contributed by atoms with Crippen LogP contribution in [0, 0.1) is 53.3 Å². The van der Waals surface area contributed by atoms with Crippen LogP contribution in [0.3, 0.4) is 0 Å². The molecule has 0 bridgehead atoms. The van der Waals surface area contributed by atoms with Crippen LogP contribution in [0.25, 0.3) is 0 Å². The number of hydrogen-bond donors (Lipinski definition) is 0. The monoisotopic (exact) mass is 795 g/mol. The van der Waals surface area contributed by atoms with Crippen LogP contribution in [0.2, 0.25) is 0 Å². The molecule has 0 heterocycles. The molecule has 41 heavy (non-hydrogen) atoms. The molecule has 0 unspecified atom stereocenters. The van der Waals surface area contributed by atoms with Gasteiger partial charge in [0.2, 0.25) is 0 Å². The van der Waals surface area contributed by atoms with E-state index >= 15 is 0 Å². The van der Waals surface area contributed by atoms with E-state index in [0.29, 0.717) is 0 Å². The summed E-state index contributed by atoms with van der Waals surface area (Å²) < 4.78 is 0. The van der Waals surface area contributed by atoms with Gasteiger partial charge in [-0.25, -0.2) is 0 Å². The van der Waals surface area contributed by atoms with E-state index in [4.69, 9.17) is 0 Å². The molecule has 0 rings (SSSR count). The second kappa shape index (κ2) is 18.8. The van der Waals surface area contributed by atoms with Crippen molar-refractivity contribution in [2.75, 3.05) is 55.5 Å². The summed E-state index contributed by atoms with van der Waals surface area (Å²) in [4.78, 5) is 0. The second-order valence-electron chi connectivity index (χ2n) is 18.1. The Morgan fingerprint density at radius 1 is 0.293 bits per heavy atom. The Labute approximate surface area is 277 Å². The fourth-order valence-electron chi connectivity index (χ4n) is 9.14. The fourth-order valence-corrected chi connectivity index (χ4v) is 117. The summed E-state index contributed by atoms with van der Waals surface area (Å²) in [5.74, 6) is 2.43. The van der Waals surface area contributed by atoms with Gasteiger partial charge >= 0.3 is 280 Å². The molecule has 0 aromatic rings. The van der Waals surface area contributed by atoms with Crippen LogP contribution in [-0.4, -0.2) is 55.5 Å². The zero-order chi connectivity index (χ0) is 32.6. The summed E-state index contributed by atoms with van der Waals surface area (Å²) in [6, 6.07) is 0. The summed E-state index contributed by atoms with van der Waals surface area (Å²) in [6.07, 6.45) is 14.5. The molecule has 0 fully saturated rings. The minimum absolute atomic E-state index is 0.834. The van der Waals surface area contributed by atoms with E-state index in [1.165, 1.54) is 0 Å². The first kappa shape index (κ1) is 43.5. The number of rotatable bonds is 21. The first-order chi connectivity index (χ1) is 18.5. The standard InChI is InChI=1S/3C12H27P.Co.HI/c3*1-10(2)7-13(8-11(3)4)9-12(5)6;;/h3*10-12H,7-9H2,1-6H3;;1H/q;;;-2;/p+2. The predicted octanol–water partition coefficient (Wildman–Crippen LogP) is 13.4. The van der Waals surface area contributed by atoms with Gasteiger partial charge in [0.25, 0.3) is 0 Å². The Bertz CT molecular complexity index is 539. The maximum atomic E-state index is 3.61. The van der Waals surface area contributed by atoms with Crippen LogP contribution >= 0.6 is 38.4 Å². The summed E-state index contributed by atoms with van der Waals surface area (Å²) in [7, 11) is -1.26. The van der Waals surface area contributed by atoms with Crippen molar-refractivity contribution in [1.29, 1.82) is 0 Å². The molecule has 5 heteroatoms. The van der Waals surface area contributed by atoms with Crippen molar-refractivity contribution in [2.24, 2.45) is 53.3 Å². The van der Waals surface area contributed by atoms with E-state index in [1.807, 2.05) is 0 Å². The Balaban J connectivity index is 8.77. The number of hydrogen-bond acceptors (Lipinski definition) is 0. The average Bonchev–Trinajstić information content (AvgIpc) is 2.67. The van der Waals surface area contributed by atoms with Gasteiger partial charge in [-0.05, 0) is 0 Å². The van der Waals surface area contributed by atoms with E-state index in [0.717, 1.165) is 53.3 Å². The van der Waals surface area contributed by atoms with Crippen molar-refractivity contribution < 1.29 is 8.09 Å². The second-order valence-corrected chi connectivity index (χ2v) is 62.9. The van der Waals surface area contributed by atoms with Crippen molar-refractivity contribution in [2.45, 2.75) is 125 Å². The van der Waals surface area contributed by atoms with Crippen molar-refractivity contribution >= 4 is 38.4 Å². The molecule has 0 radical (unpaired) electrons. The summed E-state index contributed by atoms with van der Waals surface area (Å²) in [5.41, 5.74) is 0. The molecule has 0 amide bonds. The number of halogens is 1. The molecule has 259 valence electrons. The summed E-state index contributed by atoms with van der Waals surface area (Å²) in [6.45, 7) is 47.2. The van der Waals surface area contributed by atoms with Crippen LogP contribution in [0.15, 0.2) is 0 Å². The molecule has 0 atom stereocenters. The van der Waals surface area contributed by atoms with Crippen molar-refractivity contribution in [3.63, 3.8) is 0 Å². The van der Waals surface area contributed by atoms with Gasteiger partial charge in [0.15, 0.2) is 0 Å². The van der Waals surface area contributed by atoms with Gasteiger partial charge in [0, 0.05) is 0 Å². The Hall–Kier alpha value is 2.53. The summed E-state index contributed by atoms with van der Waals surface area (Å²) >= 11 is 3.61. The van der Waals surface area contributed by atoms with E-state index in [-0.39, 0.29) is 0 Å². The normalized spacial score (nSPS) is 17.8. The van der Waals surface area contributed by atoms with Crippen molar-refractivity contribution in [3.05, 3.63) is 0 Å². The molecule has 0 nitrogen and oxygen atoms in total. The first-order valence-electron chi connectivity index (χ1n) is 17.9. The quantitative estimate of drug-likeness (QED) is 0.0802. The third kappa shape index (κ3) is 12.6. The van der Waals surface area contributed by atoms with Crippen LogP contribution in [0.4, 0.5) is 0 Å². The molecule has 0 aliphatic rings. The maximum absolute atomic E-state index is 3.61. The third-order valence-electron chi connectivity index (χ3n) is 8.35. The summed E-state index contributed by atoms with van der Waals surface area (Å²) in [5, 5.41) is 0. The molecule has 0 N–H and O–H groups in total. The average molecular weight is 796 g/mol. The van der Waals surface area contributed by atoms with E-state index in [2.05, 4.69) is 145 Å². The van der Waals surface area contributed by atoms with Crippen molar-refractivity contribution in [1.82, 2.24) is 0 Å². The van der Waals surface area contributed by atoms with Gasteiger partial charge in [-0.2, -0.15) is 0 Å². The minimum atomic E-state index is -1.69. The topological polar surface area (TPSA) is 0 Å². The molecule has 0 aromatic carbocycles. The van der Waals surface area contributed by atoms with Crippen LogP contribution < -0.4 is 0 Å². The Morgan fingerprint density at radius 3 is 0.463 bits per heavy atom.